The first-order chi connectivity index (χ1) is 28.4. The molecule has 58 heavy (non-hydrogen) atoms. The molecule has 1 saturated heterocycles. The van der Waals surface area contributed by atoms with Gasteiger partial charge < -0.3 is 34.9 Å². The molecule has 0 unspecified atom stereocenters. The number of rotatable bonds is 12. The number of cyclic esters (lactones) is 1. The first kappa shape index (κ1) is 40.3. The molecule has 11 nitrogen and oxygen atoms in total. The molecule has 3 amide bonds. The van der Waals surface area contributed by atoms with Gasteiger partial charge in [0.15, 0.2) is 0 Å². The monoisotopic (exact) mass is 785 g/mol. The topological polar surface area (TPSA) is 143 Å². The molecule has 4 aromatic carbocycles. The molecule has 0 radical (unpaired) electrons. The molecule has 0 spiro atoms. The first-order valence-corrected chi connectivity index (χ1v) is 20.3. The van der Waals surface area contributed by atoms with E-state index in [1.54, 1.807) is 4.90 Å². The Morgan fingerprint density at radius 3 is 2.28 bits per heavy atom. The third-order valence-corrected chi connectivity index (χ3v) is 11.2. The number of amides is 3. The summed E-state index contributed by atoms with van der Waals surface area (Å²) in [4.78, 5) is 55.6. The summed E-state index contributed by atoms with van der Waals surface area (Å²) in [5, 5.41) is 15.8. The lowest BCUT2D eigenvalue weighted by molar-refractivity contribution is -0.150. The zero-order valence-electron chi connectivity index (χ0n) is 32.6. The fraction of sp³-hybridized carbons (Fsp3) is 0.362. The van der Waals surface area contributed by atoms with Crippen LogP contribution in [0.1, 0.15) is 66.7 Å². The highest BCUT2D eigenvalue weighted by atomic mass is 16.6. The molecule has 302 valence electrons. The number of aliphatic hydroxyl groups excluding tert-OH is 1. The predicted molar refractivity (Wildman–Crippen MR) is 219 cm³/mol. The third-order valence-electron chi connectivity index (χ3n) is 11.2. The second-order valence-corrected chi connectivity index (χ2v) is 15.2. The van der Waals surface area contributed by atoms with E-state index in [0.717, 1.165) is 45.6 Å². The summed E-state index contributed by atoms with van der Waals surface area (Å²) in [7, 11) is 0. The molecule has 0 aromatic heterocycles. The minimum absolute atomic E-state index is 0.0114. The first-order valence-electron chi connectivity index (χ1n) is 20.3. The zero-order valence-corrected chi connectivity index (χ0v) is 32.6. The largest absolute Gasteiger partial charge is 0.489 e. The molecule has 3 N–H and O–H groups in total. The van der Waals surface area contributed by atoms with Gasteiger partial charge in [-0.25, -0.2) is 9.59 Å². The number of ether oxygens (including phenoxy) is 3. The van der Waals surface area contributed by atoms with Gasteiger partial charge in [-0.15, -0.1) is 0 Å². The van der Waals surface area contributed by atoms with Gasteiger partial charge in [0.1, 0.15) is 31.6 Å². The number of hydrogen-bond donors (Lipinski definition) is 3. The Morgan fingerprint density at radius 1 is 0.845 bits per heavy atom. The van der Waals surface area contributed by atoms with Crippen LogP contribution in [-0.4, -0.2) is 78.4 Å². The lowest BCUT2D eigenvalue weighted by Gasteiger charge is -2.29. The van der Waals surface area contributed by atoms with E-state index in [9.17, 15) is 24.3 Å². The van der Waals surface area contributed by atoms with Crippen LogP contribution in [0, 0.1) is 5.92 Å². The number of esters is 1. The van der Waals surface area contributed by atoms with E-state index in [2.05, 4.69) is 22.8 Å². The summed E-state index contributed by atoms with van der Waals surface area (Å²) in [5.74, 6) is -1.11. The fourth-order valence-electron chi connectivity index (χ4n) is 8.18. The Kier molecular flexibility index (Phi) is 13.5. The van der Waals surface area contributed by atoms with Crippen LogP contribution in [0.25, 0.3) is 11.1 Å². The van der Waals surface area contributed by atoms with Crippen LogP contribution in [0.2, 0.25) is 0 Å². The van der Waals surface area contributed by atoms with E-state index in [1.807, 2.05) is 103 Å². The normalized spacial score (nSPS) is 19.9. The van der Waals surface area contributed by atoms with E-state index >= 15 is 0 Å². The number of allylic oxidation sites excluding steroid dienone is 2. The number of hydrogen-bond acceptors (Lipinski definition) is 8. The van der Waals surface area contributed by atoms with Crippen LogP contribution in [-0.2, 0) is 36.9 Å². The highest BCUT2D eigenvalue weighted by Crippen LogP contribution is 2.44. The van der Waals surface area contributed by atoms with Gasteiger partial charge in [0.05, 0.1) is 24.6 Å². The molecule has 1 fully saturated rings. The van der Waals surface area contributed by atoms with Gasteiger partial charge in [-0.1, -0.05) is 103 Å². The quantitative estimate of drug-likeness (QED) is 0.110. The van der Waals surface area contributed by atoms with Crippen LogP contribution >= 0.6 is 0 Å². The lowest BCUT2D eigenvalue weighted by atomic mass is 9.97. The summed E-state index contributed by atoms with van der Waals surface area (Å²) < 4.78 is 17.4. The van der Waals surface area contributed by atoms with Crippen molar-refractivity contribution < 1.29 is 38.5 Å². The zero-order chi connectivity index (χ0) is 40.3. The third kappa shape index (κ3) is 10.1. The summed E-state index contributed by atoms with van der Waals surface area (Å²) in [6, 6.07) is 31.8. The minimum atomic E-state index is -0.943. The van der Waals surface area contributed by atoms with E-state index in [4.69, 9.17) is 14.2 Å². The average molecular weight is 786 g/mol. The molecule has 2 aliphatic heterocycles. The van der Waals surface area contributed by atoms with Crippen molar-refractivity contribution in [3.8, 4) is 16.9 Å². The Morgan fingerprint density at radius 2 is 1.55 bits per heavy atom. The molecule has 7 rings (SSSR count). The van der Waals surface area contributed by atoms with Gasteiger partial charge >= 0.3 is 12.1 Å². The highest BCUT2D eigenvalue weighted by molar-refractivity contribution is 5.87. The Bertz CT molecular complexity index is 2020. The van der Waals surface area contributed by atoms with Gasteiger partial charge in [-0.3, -0.25) is 9.59 Å². The number of aliphatic hydroxyl groups is 1. The van der Waals surface area contributed by atoms with Crippen LogP contribution in [0.15, 0.2) is 115 Å². The van der Waals surface area contributed by atoms with Gasteiger partial charge in [0.25, 0.3) is 0 Å². The van der Waals surface area contributed by atoms with E-state index in [-0.39, 0.29) is 56.4 Å². The standard InChI is InChI=1S/C47H51N3O8/c51-28-35(26-32-21-23-37(24-22-32)56-29-33-12-3-1-4-13-33)48-44(52)27-34-14-5-2-6-20-43(46(54)57-30-36-15-11-25-50(36)45(34)53)49-47(55)58-31-42-40-18-9-7-16-38(40)39-17-8-10-19-41(39)42/h1-5,7-10,12-13,16-19,21-24,34-36,42-43,51H,6,11,14-15,20,25-31H2,(H,48,52)(H,49,55)/t34-,35+,36+,43+/m1/s1. The van der Waals surface area contributed by atoms with E-state index in [0.29, 0.717) is 38.8 Å². The highest BCUT2D eigenvalue weighted by Gasteiger charge is 2.36. The molecule has 4 atom stereocenters. The maximum Gasteiger partial charge on any atom is 0.407 e. The Balaban J connectivity index is 0.930. The van der Waals surface area contributed by atoms with Crippen molar-refractivity contribution in [3.05, 3.63) is 138 Å². The SMILES string of the molecule is O=C(C[C@H]1CC=CCC[C@H](NC(=O)OCC2c3ccccc3-c3ccccc32)C(=O)OC[C@@H]2CCCN2C1=O)N[C@H](CO)Cc1ccc(OCc2ccccc2)cc1. The van der Waals surface area contributed by atoms with Gasteiger partial charge in [-0.2, -0.15) is 0 Å². The number of carbonyl (C=O) groups excluding carboxylic acids is 4. The number of benzene rings is 4. The summed E-state index contributed by atoms with van der Waals surface area (Å²) in [5.41, 5.74) is 6.42. The lowest BCUT2D eigenvalue weighted by Crippen LogP contribution is -2.46. The van der Waals surface area contributed by atoms with Crippen molar-refractivity contribution in [2.75, 3.05) is 26.4 Å². The van der Waals surface area contributed by atoms with E-state index < -0.39 is 30.1 Å². The van der Waals surface area contributed by atoms with Crippen molar-refractivity contribution >= 4 is 23.9 Å². The van der Waals surface area contributed by atoms with Crippen LogP contribution in [0.3, 0.4) is 0 Å². The Labute approximate surface area is 339 Å². The van der Waals surface area contributed by atoms with Crippen molar-refractivity contribution in [3.63, 3.8) is 0 Å². The van der Waals surface area contributed by atoms with Gasteiger partial charge in [0.2, 0.25) is 11.8 Å². The number of carbonyl (C=O) groups is 4. The maximum atomic E-state index is 13.9. The number of nitrogens with zero attached hydrogens (tertiary/aromatic N) is 1. The van der Waals surface area contributed by atoms with Gasteiger partial charge in [-0.05, 0) is 84.0 Å². The number of fused-ring (bicyclic) bond motifs is 4. The summed E-state index contributed by atoms with van der Waals surface area (Å²) in [6.07, 6.45) is 5.78. The van der Waals surface area contributed by atoms with Crippen LogP contribution in [0.4, 0.5) is 4.79 Å². The summed E-state index contributed by atoms with van der Waals surface area (Å²) in [6.45, 7) is 0.792. The van der Waals surface area contributed by atoms with Crippen molar-refractivity contribution in [2.24, 2.45) is 5.92 Å². The molecule has 11 heteroatoms. The van der Waals surface area contributed by atoms with E-state index in [1.165, 1.54) is 0 Å². The molecule has 3 aliphatic rings. The molecule has 0 saturated carbocycles. The molecule has 0 bridgehead atoms. The Hall–Kier alpha value is -5.94. The molecule has 1 aliphatic carbocycles. The molecule has 2 heterocycles. The smallest absolute Gasteiger partial charge is 0.407 e. The van der Waals surface area contributed by atoms with Gasteiger partial charge in [0, 0.05) is 18.9 Å². The van der Waals surface area contributed by atoms with Crippen molar-refractivity contribution in [1.82, 2.24) is 15.5 Å². The average Bonchev–Trinajstić information content (AvgIpc) is 3.85. The number of nitrogens with one attached hydrogen (secondary N) is 2. The fourth-order valence-corrected chi connectivity index (χ4v) is 8.18. The number of alkyl carbamates (subject to hydrolysis) is 1. The second-order valence-electron chi connectivity index (χ2n) is 15.2. The second kappa shape index (κ2) is 19.5. The molecular formula is C47H51N3O8. The molecule has 4 aromatic rings. The van der Waals surface area contributed by atoms with Crippen molar-refractivity contribution in [1.29, 1.82) is 0 Å². The van der Waals surface area contributed by atoms with Crippen molar-refractivity contribution in [2.45, 2.75) is 75.6 Å². The van der Waals surface area contributed by atoms with Crippen LogP contribution < -0.4 is 15.4 Å². The van der Waals surface area contributed by atoms with Crippen LogP contribution in [0.5, 0.6) is 5.75 Å². The minimum Gasteiger partial charge on any atom is -0.489 e. The maximum absolute atomic E-state index is 13.9. The summed E-state index contributed by atoms with van der Waals surface area (Å²) >= 11 is 0. The molecular weight excluding hydrogens is 735 g/mol. The predicted octanol–water partition coefficient (Wildman–Crippen LogP) is 6.47.